The fourth-order valence-electron chi connectivity index (χ4n) is 3.32. The maximum atomic E-state index is 4.73. The number of hydrogen-bond acceptors (Lipinski definition) is 6. The van der Waals surface area contributed by atoms with E-state index in [-0.39, 0.29) is 0 Å². The molecule has 0 aromatic carbocycles. The molecule has 24 heavy (non-hydrogen) atoms. The van der Waals surface area contributed by atoms with Crippen LogP contribution >= 0.6 is 11.3 Å². The molecule has 1 aliphatic heterocycles. The van der Waals surface area contributed by atoms with Crippen molar-refractivity contribution in [2.45, 2.75) is 25.8 Å². The quantitative estimate of drug-likeness (QED) is 0.773. The molecule has 1 fully saturated rings. The van der Waals surface area contributed by atoms with Gasteiger partial charge in [-0.05, 0) is 31.7 Å². The van der Waals surface area contributed by atoms with E-state index in [2.05, 4.69) is 24.8 Å². The molecule has 0 saturated carbocycles. The molecule has 7 heteroatoms. The topological polar surface area (TPSA) is 70.6 Å². The van der Waals surface area contributed by atoms with Gasteiger partial charge in [-0.2, -0.15) is 0 Å². The van der Waals surface area contributed by atoms with Gasteiger partial charge in [-0.15, -0.1) is 11.3 Å². The number of nitrogens with one attached hydrogen (secondary N) is 1. The first-order chi connectivity index (χ1) is 11.9. The Labute approximate surface area is 145 Å². The molecule has 0 amide bonds. The number of hydrogen-bond donors (Lipinski definition) is 1. The largest absolute Gasteiger partial charge is 0.343 e. The summed E-state index contributed by atoms with van der Waals surface area (Å²) in [7, 11) is 0. The van der Waals surface area contributed by atoms with E-state index in [9.17, 15) is 0 Å². The molecule has 1 saturated heterocycles. The van der Waals surface area contributed by atoms with Crippen LogP contribution in [0.4, 0.5) is 0 Å². The van der Waals surface area contributed by atoms with Crippen molar-refractivity contribution in [2.24, 2.45) is 5.92 Å². The number of H-pyrrole nitrogens is 1. The summed E-state index contributed by atoms with van der Waals surface area (Å²) in [5, 5.41) is 0. The number of aromatic amines is 1. The van der Waals surface area contributed by atoms with Crippen LogP contribution in [0.15, 0.2) is 36.5 Å². The summed E-state index contributed by atoms with van der Waals surface area (Å²) in [6.45, 7) is 3.30. The molecule has 4 rings (SSSR count). The normalized spacial score (nSPS) is 18.8. The predicted octanol–water partition coefficient (Wildman–Crippen LogP) is 2.78. The molecule has 0 radical (unpaired) electrons. The van der Waals surface area contributed by atoms with E-state index in [1.807, 2.05) is 24.1 Å². The van der Waals surface area contributed by atoms with Gasteiger partial charge in [0.1, 0.15) is 5.69 Å². The highest BCUT2D eigenvalue weighted by Crippen LogP contribution is 2.23. The van der Waals surface area contributed by atoms with Gasteiger partial charge in [-0.3, -0.25) is 14.9 Å². The monoisotopic (exact) mass is 340 g/mol. The smallest absolute Gasteiger partial charge is 0.157 e. The van der Waals surface area contributed by atoms with Crippen molar-refractivity contribution in [3.05, 3.63) is 47.1 Å². The van der Waals surface area contributed by atoms with Crippen molar-refractivity contribution in [1.29, 1.82) is 0 Å². The lowest BCUT2D eigenvalue weighted by Gasteiger charge is -2.32. The standard InChI is InChI=1S/C17H20N6S/c1-2-13(10-23(5-1)11-15-8-19-12-24-15)6-14-7-18-9-16(22-14)17-20-3-4-21-17/h3-4,7-9,12-13H,1-2,5-6,10-11H2,(H,20,21). The van der Waals surface area contributed by atoms with Crippen LogP contribution in [0.2, 0.25) is 0 Å². The Bertz CT molecular complexity index is 755. The first-order valence-electron chi connectivity index (χ1n) is 8.27. The highest BCUT2D eigenvalue weighted by atomic mass is 32.1. The van der Waals surface area contributed by atoms with E-state index in [4.69, 9.17) is 4.98 Å². The molecular formula is C17H20N6S. The highest BCUT2D eigenvalue weighted by molar-refractivity contribution is 7.09. The predicted molar refractivity (Wildman–Crippen MR) is 93.4 cm³/mol. The van der Waals surface area contributed by atoms with Crippen LogP contribution in [-0.2, 0) is 13.0 Å². The first kappa shape index (κ1) is 15.4. The van der Waals surface area contributed by atoms with Gasteiger partial charge in [-0.25, -0.2) is 9.97 Å². The highest BCUT2D eigenvalue weighted by Gasteiger charge is 2.21. The van der Waals surface area contributed by atoms with E-state index in [1.165, 1.54) is 24.3 Å². The lowest BCUT2D eigenvalue weighted by atomic mass is 9.93. The summed E-state index contributed by atoms with van der Waals surface area (Å²) >= 11 is 1.74. The minimum absolute atomic E-state index is 0.632. The Morgan fingerprint density at radius 1 is 1.25 bits per heavy atom. The first-order valence-corrected chi connectivity index (χ1v) is 9.15. The minimum Gasteiger partial charge on any atom is -0.343 e. The molecule has 0 bridgehead atoms. The number of thiazole rings is 1. The molecule has 1 atom stereocenters. The maximum absolute atomic E-state index is 4.73. The van der Waals surface area contributed by atoms with Gasteiger partial charge in [0.2, 0.25) is 0 Å². The summed E-state index contributed by atoms with van der Waals surface area (Å²) in [5.41, 5.74) is 3.77. The number of likely N-dealkylation sites (tertiary alicyclic amines) is 1. The van der Waals surface area contributed by atoms with E-state index >= 15 is 0 Å². The van der Waals surface area contributed by atoms with Gasteiger partial charge in [0.25, 0.3) is 0 Å². The van der Waals surface area contributed by atoms with Crippen molar-refractivity contribution in [3.8, 4) is 11.5 Å². The molecule has 0 aliphatic carbocycles. The van der Waals surface area contributed by atoms with Crippen LogP contribution in [-0.4, -0.2) is 42.9 Å². The molecule has 1 unspecified atom stereocenters. The van der Waals surface area contributed by atoms with Crippen LogP contribution in [0.25, 0.3) is 11.5 Å². The van der Waals surface area contributed by atoms with Crippen molar-refractivity contribution in [2.75, 3.05) is 13.1 Å². The van der Waals surface area contributed by atoms with Gasteiger partial charge in [0.05, 0.1) is 17.4 Å². The Morgan fingerprint density at radius 2 is 2.25 bits per heavy atom. The van der Waals surface area contributed by atoms with Gasteiger partial charge in [-0.1, -0.05) is 0 Å². The zero-order chi connectivity index (χ0) is 16.2. The van der Waals surface area contributed by atoms with Crippen molar-refractivity contribution in [1.82, 2.24) is 29.8 Å². The lowest BCUT2D eigenvalue weighted by molar-refractivity contribution is 0.167. The Kier molecular flexibility index (Phi) is 4.62. The second-order valence-corrected chi connectivity index (χ2v) is 7.22. The van der Waals surface area contributed by atoms with E-state index in [0.717, 1.165) is 36.7 Å². The molecular weight excluding hydrogens is 320 g/mol. The summed E-state index contributed by atoms with van der Waals surface area (Å²) in [6, 6.07) is 0. The number of imidazole rings is 1. The average Bonchev–Trinajstić information content (AvgIpc) is 3.29. The SMILES string of the molecule is c1c[nH]c(-c2cncc(CC3CCCN(Cc4cncs4)C3)n2)n1. The van der Waals surface area contributed by atoms with Crippen LogP contribution in [0.3, 0.4) is 0 Å². The molecule has 124 valence electrons. The number of aromatic nitrogens is 5. The van der Waals surface area contributed by atoms with Gasteiger partial charge >= 0.3 is 0 Å². The van der Waals surface area contributed by atoms with E-state index < -0.39 is 0 Å². The fraction of sp³-hybridized carbons (Fsp3) is 0.412. The molecule has 0 spiro atoms. The third-order valence-corrected chi connectivity index (χ3v) is 5.15. The summed E-state index contributed by atoms with van der Waals surface area (Å²) in [4.78, 5) is 24.5. The zero-order valence-electron chi connectivity index (χ0n) is 13.4. The molecule has 3 aromatic heterocycles. The van der Waals surface area contributed by atoms with Crippen molar-refractivity contribution >= 4 is 11.3 Å². The van der Waals surface area contributed by atoms with E-state index in [1.54, 1.807) is 23.7 Å². The summed E-state index contributed by atoms with van der Waals surface area (Å²) in [6.07, 6.45) is 12.6. The van der Waals surface area contributed by atoms with Crippen molar-refractivity contribution < 1.29 is 0 Å². The molecule has 1 aliphatic rings. The molecule has 1 N–H and O–H groups in total. The van der Waals surface area contributed by atoms with Gasteiger partial charge < -0.3 is 4.98 Å². The Hall–Kier alpha value is -2.12. The number of rotatable bonds is 5. The van der Waals surface area contributed by atoms with Crippen LogP contribution in [0, 0.1) is 5.92 Å². The maximum Gasteiger partial charge on any atom is 0.157 e. The fourth-order valence-corrected chi connectivity index (χ4v) is 3.96. The third kappa shape index (κ3) is 3.68. The Morgan fingerprint density at radius 3 is 3.08 bits per heavy atom. The molecule has 4 heterocycles. The Balaban J connectivity index is 1.40. The van der Waals surface area contributed by atoms with Crippen LogP contribution < -0.4 is 0 Å². The van der Waals surface area contributed by atoms with Gasteiger partial charge in [0, 0.05) is 42.8 Å². The molecule has 3 aromatic rings. The number of piperidine rings is 1. The average molecular weight is 340 g/mol. The lowest BCUT2D eigenvalue weighted by Crippen LogP contribution is -2.35. The van der Waals surface area contributed by atoms with Gasteiger partial charge in [0.15, 0.2) is 5.82 Å². The summed E-state index contributed by atoms with van der Waals surface area (Å²) < 4.78 is 0. The zero-order valence-corrected chi connectivity index (χ0v) is 14.2. The van der Waals surface area contributed by atoms with Crippen LogP contribution in [0.5, 0.6) is 0 Å². The molecule has 6 nitrogen and oxygen atoms in total. The van der Waals surface area contributed by atoms with Crippen LogP contribution in [0.1, 0.15) is 23.4 Å². The second kappa shape index (κ2) is 7.19. The second-order valence-electron chi connectivity index (χ2n) is 6.25. The number of nitrogens with zero attached hydrogens (tertiary/aromatic N) is 5. The minimum atomic E-state index is 0.632. The van der Waals surface area contributed by atoms with Crippen molar-refractivity contribution in [3.63, 3.8) is 0 Å². The third-order valence-electron chi connectivity index (χ3n) is 4.39. The summed E-state index contributed by atoms with van der Waals surface area (Å²) in [5.74, 6) is 1.41. The van der Waals surface area contributed by atoms with E-state index in [0.29, 0.717) is 5.92 Å².